The van der Waals surface area contributed by atoms with Crippen LogP contribution in [-0.4, -0.2) is 37.2 Å². The van der Waals surface area contributed by atoms with Gasteiger partial charge in [0.2, 0.25) is 0 Å². The Morgan fingerprint density at radius 2 is 0.557 bits per heavy atom. The van der Waals surface area contributed by atoms with Crippen molar-refractivity contribution in [1.29, 1.82) is 0 Å². The Morgan fingerprint density at radius 3 is 0.914 bits per heavy atom. The molecule has 0 aliphatic rings. The molecule has 1 unspecified atom stereocenters. The Balaban J connectivity index is 4.39. The van der Waals surface area contributed by atoms with Crippen molar-refractivity contribution in [1.82, 2.24) is 0 Å². The molecule has 0 amide bonds. The van der Waals surface area contributed by atoms with Crippen LogP contribution in [0.3, 0.4) is 0 Å². The number of esters is 3. The average molecular weight is 974 g/mol. The smallest absolute Gasteiger partial charge is 0.306 e. The van der Waals surface area contributed by atoms with Gasteiger partial charge in [-0.3, -0.25) is 14.4 Å². The lowest BCUT2D eigenvalue weighted by Crippen LogP contribution is -2.30. The van der Waals surface area contributed by atoms with E-state index in [9.17, 15) is 14.4 Å². The first-order valence-corrected chi connectivity index (χ1v) is 29.2. The summed E-state index contributed by atoms with van der Waals surface area (Å²) in [5, 5.41) is 0. The summed E-state index contributed by atoms with van der Waals surface area (Å²) >= 11 is 0. The molecule has 0 heterocycles. The van der Waals surface area contributed by atoms with Gasteiger partial charge in [0.15, 0.2) is 6.10 Å². The van der Waals surface area contributed by atoms with Gasteiger partial charge in [-0.25, -0.2) is 0 Å². The summed E-state index contributed by atoms with van der Waals surface area (Å²) in [7, 11) is 0. The second-order valence-electron chi connectivity index (χ2n) is 19.2. The average Bonchev–Trinajstić information content (AvgIpc) is 3.36. The normalized spacial score (nSPS) is 12.8. The zero-order valence-corrected chi connectivity index (χ0v) is 45.8. The van der Waals surface area contributed by atoms with Crippen LogP contribution in [0, 0.1) is 0 Å². The van der Waals surface area contributed by atoms with Crippen molar-refractivity contribution in [3.8, 4) is 0 Å². The highest BCUT2D eigenvalue weighted by atomic mass is 16.6. The van der Waals surface area contributed by atoms with Crippen LogP contribution in [-0.2, 0) is 28.6 Å². The van der Waals surface area contributed by atoms with E-state index in [0.29, 0.717) is 19.3 Å². The van der Waals surface area contributed by atoms with Crippen LogP contribution in [0.2, 0.25) is 0 Å². The number of unbranched alkanes of at least 4 members (excludes halogenated alkanes) is 25. The van der Waals surface area contributed by atoms with Gasteiger partial charge >= 0.3 is 17.9 Å². The summed E-state index contributed by atoms with van der Waals surface area (Å²) in [6.07, 6.45) is 76.8. The number of carbonyl (C=O) groups excluding carboxylic acids is 3. The Hall–Kier alpha value is -3.67. The second-order valence-corrected chi connectivity index (χ2v) is 19.2. The Labute approximate surface area is 432 Å². The molecule has 0 N–H and O–H groups in total. The van der Waals surface area contributed by atoms with Gasteiger partial charge in [-0.1, -0.05) is 227 Å². The van der Waals surface area contributed by atoms with Gasteiger partial charge < -0.3 is 14.2 Å². The van der Waals surface area contributed by atoms with Crippen LogP contribution < -0.4 is 0 Å². The SMILES string of the molecule is CC/C=C\C/C=C\C/C=C\C/C=C\CCCCCCC(=O)OC(COC(=O)CCCCCCC/C=C\CCCCC)COC(=O)CCCCCCCCCC/C=C\C/C=C\C/C=C\CCCCCCC. The first kappa shape index (κ1) is 66.3. The number of rotatable bonds is 52. The van der Waals surface area contributed by atoms with E-state index >= 15 is 0 Å². The minimum Gasteiger partial charge on any atom is -0.462 e. The van der Waals surface area contributed by atoms with E-state index in [1.807, 2.05) is 0 Å². The van der Waals surface area contributed by atoms with Crippen molar-refractivity contribution < 1.29 is 28.6 Å². The second kappa shape index (κ2) is 57.9. The quantitative estimate of drug-likeness (QED) is 0.0262. The molecule has 1 atom stereocenters. The van der Waals surface area contributed by atoms with Crippen molar-refractivity contribution in [2.75, 3.05) is 13.2 Å². The molecule has 400 valence electrons. The minimum absolute atomic E-state index is 0.0946. The fourth-order valence-electron chi connectivity index (χ4n) is 7.91. The molecule has 0 fully saturated rings. The minimum atomic E-state index is -0.798. The van der Waals surface area contributed by atoms with Crippen LogP contribution in [0.5, 0.6) is 0 Å². The molecule has 0 bridgehead atoms. The summed E-state index contributed by atoms with van der Waals surface area (Å²) in [4.78, 5) is 38.1. The van der Waals surface area contributed by atoms with E-state index in [1.54, 1.807) is 0 Å². The molecule has 0 aliphatic heterocycles. The van der Waals surface area contributed by atoms with E-state index in [-0.39, 0.29) is 31.1 Å². The zero-order valence-electron chi connectivity index (χ0n) is 45.8. The van der Waals surface area contributed by atoms with Gasteiger partial charge in [0, 0.05) is 19.3 Å². The Kier molecular flexibility index (Phi) is 54.9. The first-order chi connectivity index (χ1) is 34.5. The van der Waals surface area contributed by atoms with Crippen LogP contribution in [0.25, 0.3) is 0 Å². The standard InChI is InChI=1S/C64H108O6/c1-4-7-10-13-16-19-22-25-27-29-30-31-32-33-34-36-37-39-42-45-48-51-54-57-63(66)69-60-61(59-68-62(65)56-53-50-47-44-41-24-21-18-15-12-9-6-3)70-64(67)58-55-52-49-46-43-40-38-35-28-26-23-20-17-14-11-8-5-2/h8,11,17-18,20-22,25-26,28-30,32-33,38,40,61H,4-7,9-10,12-16,19,23-24,27,31,34-37,39,41-60H2,1-3H3/b11-8-,20-17-,21-18-,25-22-,28-26-,30-29-,33-32-,40-38-. The van der Waals surface area contributed by atoms with Crippen LogP contribution in [0.1, 0.15) is 271 Å². The fraction of sp³-hybridized carbons (Fsp3) is 0.703. The monoisotopic (exact) mass is 973 g/mol. The molecular weight excluding hydrogens is 865 g/mol. The third-order valence-corrected chi connectivity index (χ3v) is 12.3. The fourth-order valence-corrected chi connectivity index (χ4v) is 7.91. The van der Waals surface area contributed by atoms with Gasteiger partial charge in [-0.15, -0.1) is 0 Å². The van der Waals surface area contributed by atoms with Crippen molar-refractivity contribution in [3.05, 3.63) is 97.2 Å². The van der Waals surface area contributed by atoms with Crippen molar-refractivity contribution in [2.45, 2.75) is 277 Å². The highest BCUT2D eigenvalue weighted by molar-refractivity contribution is 5.71. The molecule has 0 aliphatic carbocycles. The lowest BCUT2D eigenvalue weighted by molar-refractivity contribution is -0.167. The molecule has 0 saturated heterocycles. The number of carbonyl (C=O) groups is 3. The lowest BCUT2D eigenvalue weighted by Gasteiger charge is -2.18. The summed E-state index contributed by atoms with van der Waals surface area (Å²) < 4.78 is 16.8. The predicted molar refractivity (Wildman–Crippen MR) is 302 cm³/mol. The van der Waals surface area contributed by atoms with Crippen LogP contribution >= 0.6 is 0 Å². The third-order valence-electron chi connectivity index (χ3n) is 12.3. The molecule has 6 heteroatoms. The molecular formula is C64H108O6. The largest absolute Gasteiger partial charge is 0.462 e. The molecule has 0 rings (SSSR count). The Morgan fingerprint density at radius 1 is 0.300 bits per heavy atom. The van der Waals surface area contributed by atoms with Crippen molar-refractivity contribution in [2.24, 2.45) is 0 Å². The molecule has 0 radical (unpaired) electrons. The molecule has 0 spiro atoms. The van der Waals surface area contributed by atoms with Gasteiger partial charge in [-0.05, 0) is 122 Å². The summed E-state index contributed by atoms with van der Waals surface area (Å²) in [6.45, 7) is 6.46. The summed E-state index contributed by atoms with van der Waals surface area (Å²) in [6, 6.07) is 0. The molecule has 0 aromatic carbocycles. The lowest BCUT2D eigenvalue weighted by atomic mass is 10.1. The number of hydrogen-bond donors (Lipinski definition) is 0. The van der Waals surface area contributed by atoms with Crippen LogP contribution in [0.15, 0.2) is 97.2 Å². The maximum Gasteiger partial charge on any atom is 0.306 e. The van der Waals surface area contributed by atoms with Crippen LogP contribution in [0.4, 0.5) is 0 Å². The predicted octanol–water partition coefficient (Wildman–Crippen LogP) is 19.7. The molecule has 0 aromatic heterocycles. The van der Waals surface area contributed by atoms with E-state index < -0.39 is 6.10 Å². The van der Waals surface area contributed by atoms with Crippen molar-refractivity contribution >= 4 is 17.9 Å². The number of allylic oxidation sites excluding steroid dienone is 16. The molecule has 6 nitrogen and oxygen atoms in total. The maximum absolute atomic E-state index is 12.8. The summed E-state index contributed by atoms with van der Waals surface area (Å²) in [5.74, 6) is -0.932. The zero-order chi connectivity index (χ0) is 50.7. The van der Waals surface area contributed by atoms with Gasteiger partial charge in [0.1, 0.15) is 13.2 Å². The highest BCUT2D eigenvalue weighted by Crippen LogP contribution is 2.14. The van der Waals surface area contributed by atoms with E-state index in [1.165, 1.54) is 103 Å². The molecule has 0 aromatic rings. The van der Waals surface area contributed by atoms with E-state index in [2.05, 4.69) is 118 Å². The third kappa shape index (κ3) is 55.3. The molecule has 70 heavy (non-hydrogen) atoms. The topological polar surface area (TPSA) is 78.9 Å². The van der Waals surface area contributed by atoms with Gasteiger partial charge in [0.25, 0.3) is 0 Å². The summed E-state index contributed by atoms with van der Waals surface area (Å²) in [5.41, 5.74) is 0. The van der Waals surface area contributed by atoms with Crippen molar-refractivity contribution in [3.63, 3.8) is 0 Å². The number of hydrogen-bond acceptors (Lipinski definition) is 6. The molecule has 0 saturated carbocycles. The van der Waals surface area contributed by atoms with Gasteiger partial charge in [0.05, 0.1) is 0 Å². The van der Waals surface area contributed by atoms with Gasteiger partial charge in [-0.2, -0.15) is 0 Å². The van der Waals surface area contributed by atoms with E-state index in [4.69, 9.17) is 14.2 Å². The van der Waals surface area contributed by atoms with E-state index in [0.717, 1.165) is 128 Å². The highest BCUT2D eigenvalue weighted by Gasteiger charge is 2.19. The Bertz CT molecular complexity index is 1400. The maximum atomic E-state index is 12.8. The first-order valence-electron chi connectivity index (χ1n) is 29.2. The number of ether oxygens (including phenoxy) is 3.